The number of hydrogen-bond donors (Lipinski definition) is 2. The molecule has 2 rings (SSSR count). The molecule has 1 fully saturated rings. The predicted molar refractivity (Wildman–Crippen MR) is 80.3 cm³/mol. The van der Waals surface area contributed by atoms with Gasteiger partial charge in [0.2, 0.25) is 0 Å². The maximum atomic E-state index is 11.8. The summed E-state index contributed by atoms with van der Waals surface area (Å²) in [6, 6.07) is 0.543. The zero-order valence-electron chi connectivity index (χ0n) is 12.9. The Bertz CT molecular complexity index is 509. The van der Waals surface area contributed by atoms with E-state index in [0.717, 1.165) is 11.6 Å². The molecule has 1 saturated carbocycles. The Labute approximate surface area is 129 Å². The van der Waals surface area contributed by atoms with Gasteiger partial charge in [-0.15, -0.1) is 0 Å². The lowest BCUT2D eigenvalue weighted by Gasteiger charge is -2.33. The quantitative estimate of drug-likeness (QED) is 0.326. The van der Waals surface area contributed by atoms with Crippen LogP contribution < -0.4 is 11.7 Å². The minimum Gasteiger partial charge on any atom is -0.373 e. The molecule has 1 atom stereocenters. The van der Waals surface area contributed by atoms with E-state index in [0.29, 0.717) is 31.8 Å². The first kappa shape index (κ1) is 16.4. The SMILES string of the molecule is CC1CC(n2cnc(CC(CCCN=NN)C(=O)ON)c2)C1. The predicted octanol–water partition coefficient (Wildman–Crippen LogP) is 1.54. The second-order valence-electron chi connectivity index (χ2n) is 6.00. The smallest absolute Gasteiger partial charge is 0.327 e. The lowest BCUT2D eigenvalue weighted by atomic mass is 9.82. The van der Waals surface area contributed by atoms with Gasteiger partial charge in [-0.2, -0.15) is 11.0 Å². The Hall–Kier alpha value is -1.96. The number of aromatic nitrogens is 2. The van der Waals surface area contributed by atoms with Gasteiger partial charge in [-0.1, -0.05) is 12.1 Å². The van der Waals surface area contributed by atoms with Gasteiger partial charge in [0.25, 0.3) is 0 Å². The Kier molecular flexibility index (Phi) is 5.88. The van der Waals surface area contributed by atoms with Gasteiger partial charge in [0.1, 0.15) is 0 Å². The number of rotatable bonds is 8. The van der Waals surface area contributed by atoms with Crippen LogP contribution in [0.2, 0.25) is 0 Å². The van der Waals surface area contributed by atoms with Crippen LogP contribution in [0.4, 0.5) is 0 Å². The number of nitrogens with zero attached hydrogens (tertiary/aromatic N) is 4. The third kappa shape index (κ3) is 4.27. The van der Waals surface area contributed by atoms with Crippen LogP contribution in [0.1, 0.15) is 44.3 Å². The molecule has 0 aromatic carbocycles. The van der Waals surface area contributed by atoms with Gasteiger partial charge in [-0.05, 0) is 31.6 Å². The molecular formula is C14H24N6O2. The van der Waals surface area contributed by atoms with Crippen molar-refractivity contribution >= 4 is 5.97 Å². The van der Waals surface area contributed by atoms with E-state index in [1.165, 1.54) is 12.8 Å². The lowest BCUT2D eigenvalue weighted by Crippen LogP contribution is -2.24. The summed E-state index contributed by atoms with van der Waals surface area (Å²) in [5.74, 6) is 10.0. The van der Waals surface area contributed by atoms with Crippen molar-refractivity contribution in [1.29, 1.82) is 0 Å². The van der Waals surface area contributed by atoms with E-state index >= 15 is 0 Å². The molecule has 4 N–H and O–H groups in total. The van der Waals surface area contributed by atoms with E-state index in [1.54, 1.807) is 0 Å². The van der Waals surface area contributed by atoms with Crippen LogP contribution in [0.15, 0.2) is 22.9 Å². The number of carbonyl (C=O) groups is 1. The Morgan fingerprint density at radius 2 is 2.36 bits per heavy atom. The van der Waals surface area contributed by atoms with Crippen molar-refractivity contribution < 1.29 is 9.63 Å². The topological polar surface area (TPSA) is 121 Å². The van der Waals surface area contributed by atoms with Crippen LogP contribution in [0.5, 0.6) is 0 Å². The summed E-state index contributed by atoms with van der Waals surface area (Å²) in [5.41, 5.74) is 0.885. The molecule has 1 aliphatic carbocycles. The molecule has 0 saturated heterocycles. The zero-order valence-corrected chi connectivity index (χ0v) is 12.9. The molecular weight excluding hydrogens is 284 g/mol. The highest BCUT2D eigenvalue weighted by Gasteiger charge is 2.27. The van der Waals surface area contributed by atoms with Gasteiger partial charge in [0.15, 0.2) is 0 Å². The summed E-state index contributed by atoms with van der Waals surface area (Å²) in [6.45, 7) is 2.74. The highest BCUT2D eigenvalue weighted by molar-refractivity contribution is 5.72. The Morgan fingerprint density at radius 3 is 3.00 bits per heavy atom. The molecule has 1 heterocycles. The van der Waals surface area contributed by atoms with Crippen LogP contribution >= 0.6 is 0 Å². The molecule has 0 spiro atoms. The summed E-state index contributed by atoms with van der Waals surface area (Å²) in [4.78, 5) is 20.6. The number of hydrogen-bond acceptors (Lipinski definition) is 6. The Morgan fingerprint density at radius 1 is 1.59 bits per heavy atom. The van der Waals surface area contributed by atoms with Crippen molar-refractivity contribution in [3.05, 3.63) is 18.2 Å². The fourth-order valence-corrected chi connectivity index (χ4v) is 2.91. The van der Waals surface area contributed by atoms with Crippen LogP contribution in [-0.2, 0) is 16.1 Å². The van der Waals surface area contributed by atoms with E-state index in [-0.39, 0.29) is 5.92 Å². The molecule has 1 unspecified atom stereocenters. The molecule has 1 aromatic heterocycles. The maximum absolute atomic E-state index is 11.8. The first-order chi connectivity index (χ1) is 10.6. The van der Waals surface area contributed by atoms with Crippen LogP contribution in [0.25, 0.3) is 0 Å². The summed E-state index contributed by atoms with van der Waals surface area (Å²) in [7, 11) is 0. The molecule has 1 aromatic rings. The number of nitrogens with two attached hydrogens (primary N) is 2. The standard InChI is InChI=1S/C14H24N6O2/c1-10-5-13(6-10)20-8-12(17-9-20)7-11(14(21)22-16)3-2-4-18-19-15/h8-11,13H,2-7,16H2,1H3,(H2,15,18). The van der Waals surface area contributed by atoms with Gasteiger partial charge < -0.3 is 15.2 Å². The second kappa shape index (κ2) is 7.88. The van der Waals surface area contributed by atoms with Crippen molar-refractivity contribution in [2.45, 2.75) is 45.1 Å². The third-order valence-corrected chi connectivity index (χ3v) is 4.22. The van der Waals surface area contributed by atoms with Crippen LogP contribution in [-0.4, -0.2) is 22.1 Å². The molecule has 0 aliphatic heterocycles. The highest BCUT2D eigenvalue weighted by Crippen LogP contribution is 2.37. The van der Waals surface area contributed by atoms with E-state index in [2.05, 4.69) is 31.6 Å². The summed E-state index contributed by atoms with van der Waals surface area (Å²) in [5, 5.41) is 6.88. The van der Waals surface area contributed by atoms with Gasteiger partial charge >= 0.3 is 5.97 Å². The summed E-state index contributed by atoms with van der Waals surface area (Å²) in [6.07, 6.45) is 8.07. The molecule has 8 heteroatoms. The Balaban J connectivity index is 1.90. The summed E-state index contributed by atoms with van der Waals surface area (Å²) < 4.78 is 2.14. The molecule has 0 radical (unpaired) electrons. The molecule has 8 nitrogen and oxygen atoms in total. The monoisotopic (exact) mass is 308 g/mol. The average Bonchev–Trinajstić information content (AvgIpc) is 2.94. The van der Waals surface area contributed by atoms with Gasteiger partial charge in [-0.25, -0.2) is 4.98 Å². The van der Waals surface area contributed by atoms with Crippen molar-refractivity contribution in [3.8, 4) is 0 Å². The van der Waals surface area contributed by atoms with Crippen molar-refractivity contribution in [3.63, 3.8) is 0 Å². The van der Waals surface area contributed by atoms with Crippen LogP contribution in [0.3, 0.4) is 0 Å². The zero-order chi connectivity index (χ0) is 15.9. The largest absolute Gasteiger partial charge is 0.373 e. The van der Waals surface area contributed by atoms with Crippen molar-refractivity contribution in [2.24, 2.45) is 33.9 Å². The van der Waals surface area contributed by atoms with Crippen molar-refractivity contribution in [1.82, 2.24) is 9.55 Å². The second-order valence-corrected chi connectivity index (χ2v) is 6.00. The highest BCUT2D eigenvalue weighted by atomic mass is 16.7. The molecule has 0 amide bonds. The first-order valence-corrected chi connectivity index (χ1v) is 7.63. The van der Waals surface area contributed by atoms with E-state index in [1.807, 2.05) is 12.5 Å². The molecule has 0 bridgehead atoms. The maximum Gasteiger partial charge on any atom is 0.327 e. The minimum atomic E-state index is -0.420. The fraction of sp³-hybridized carbons (Fsp3) is 0.714. The first-order valence-electron chi connectivity index (χ1n) is 7.63. The lowest BCUT2D eigenvalue weighted by molar-refractivity contribution is -0.149. The van der Waals surface area contributed by atoms with Gasteiger partial charge in [-0.3, -0.25) is 4.79 Å². The van der Waals surface area contributed by atoms with Gasteiger partial charge in [0.05, 0.1) is 24.5 Å². The molecule has 122 valence electrons. The molecule has 22 heavy (non-hydrogen) atoms. The minimum absolute atomic E-state index is 0.318. The summed E-state index contributed by atoms with van der Waals surface area (Å²) >= 11 is 0. The van der Waals surface area contributed by atoms with Crippen molar-refractivity contribution in [2.75, 3.05) is 6.54 Å². The number of carbonyl (C=O) groups excluding carboxylic acids is 1. The van der Waals surface area contributed by atoms with E-state index in [4.69, 9.17) is 11.7 Å². The van der Waals surface area contributed by atoms with Gasteiger partial charge in [0, 0.05) is 18.7 Å². The van der Waals surface area contributed by atoms with Crippen LogP contribution in [0, 0.1) is 11.8 Å². The average molecular weight is 308 g/mol. The fourth-order valence-electron chi connectivity index (χ4n) is 2.91. The molecule has 1 aliphatic rings. The normalized spacial score (nSPS) is 22.5. The van der Waals surface area contributed by atoms with E-state index < -0.39 is 5.97 Å². The third-order valence-electron chi connectivity index (χ3n) is 4.22. The number of imidazole rings is 1. The van der Waals surface area contributed by atoms with E-state index in [9.17, 15) is 4.79 Å².